The van der Waals surface area contributed by atoms with Gasteiger partial charge < -0.3 is 9.73 Å². The zero-order chi connectivity index (χ0) is 10.9. The molecule has 0 spiro atoms. The zero-order valence-electron chi connectivity index (χ0n) is 7.54. The van der Waals surface area contributed by atoms with Crippen LogP contribution in [0.2, 0.25) is 0 Å². The number of sulfonamides is 1. The summed E-state index contributed by atoms with van der Waals surface area (Å²) < 4.78 is 27.0. The first-order chi connectivity index (χ1) is 7.11. The average Bonchev–Trinajstić information content (AvgIpc) is 2.64. The second-order valence-corrected chi connectivity index (χ2v) is 4.75. The van der Waals surface area contributed by atoms with Gasteiger partial charge in [-0.05, 0) is 17.7 Å². The second kappa shape index (κ2) is 3.61. The van der Waals surface area contributed by atoms with E-state index in [9.17, 15) is 8.42 Å². The van der Waals surface area contributed by atoms with E-state index in [4.69, 9.17) is 9.73 Å². The lowest BCUT2D eigenvalue weighted by molar-refractivity contribution is 0.242. The topological polar surface area (TPSA) is 92.4 Å². The largest absolute Gasteiger partial charge is 0.356 e. The lowest BCUT2D eigenvalue weighted by atomic mass is 10.2. The first-order valence-electron chi connectivity index (χ1n) is 4.07. The van der Waals surface area contributed by atoms with Crippen LogP contribution in [0.25, 0.3) is 11.0 Å². The van der Waals surface area contributed by atoms with Crippen LogP contribution in [0.1, 0.15) is 5.56 Å². The Morgan fingerprint density at radius 2 is 2.27 bits per heavy atom. The predicted octanol–water partition coefficient (Wildman–Crippen LogP) is 0.636. The molecule has 0 saturated carbocycles. The molecular weight excluding hydrogens is 220 g/mol. The molecule has 0 aliphatic rings. The van der Waals surface area contributed by atoms with Crippen molar-refractivity contribution in [1.29, 1.82) is 0 Å². The molecule has 80 valence electrons. The van der Waals surface area contributed by atoms with Crippen molar-refractivity contribution >= 4 is 21.0 Å². The lowest BCUT2D eigenvalue weighted by Crippen LogP contribution is -2.20. The number of hydrogen-bond acceptors (Lipinski definition) is 5. The summed E-state index contributed by atoms with van der Waals surface area (Å²) in [7, 11) is -3.67. The third-order valence-corrected chi connectivity index (χ3v) is 2.90. The highest BCUT2D eigenvalue weighted by Crippen LogP contribution is 2.16. The molecule has 2 aromatic rings. The smallest absolute Gasteiger partial charge is 0.237 e. The van der Waals surface area contributed by atoms with Crippen LogP contribution in [0.5, 0.6) is 0 Å². The van der Waals surface area contributed by atoms with E-state index in [0.717, 1.165) is 5.39 Å². The predicted molar refractivity (Wildman–Crippen MR) is 51.6 cm³/mol. The normalized spacial score (nSPS) is 12.1. The second-order valence-electron chi connectivity index (χ2n) is 3.05. The molecule has 0 fully saturated rings. The van der Waals surface area contributed by atoms with Gasteiger partial charge in [-0.2, -0.15) is 0 Å². The van der Waals surface area contributed by atoms with Crippen LogP contribution in [-0.2, 0) is 15.8 Å². The van der Waals surface area contributed by atoms with E-state index < -0.39 is 10.0 Å². The Bertz CT molecular complexity index is 575. The Morgan fingerprint density at radius 3 is 3.00 bits per heavy atom. The molecule has 15 heavy (non-hydrogen) atoms. The maximum absolute atomic E-state index is 11.0. The highest BCUT2D eigenvalue weighted by Gasteiger charge is 2.10. The first kappa shape index (κ1) is 10.1. The van der Waals surface area contributed by atoms with Gasteiger partial charge in [0.05, 0.1) is 11.9 Å². The molecule has 0 unspecified atom stereocenters. The number of rotatable bonds is 3. The molecule has 0 atom stereocenters. The fourth-order valence-electron chi connectivity index (χ4n) is 1.26. The van der Waals surface area contributed by atoms with E-state index in [0.29, 0.717) is 11.1 Å². The van der Waals surface area contributed by atoms with Gasteiger partial charge in [-0.1, -0.05) is 16.1 Å². The minimum Gasteiger partial charge on any atom is -0.356 e. The van der Waals surface area contributed by atoms with E-state index >= 15 is 0 Å². The Hall–Kier alpha value is -1.44. The van der Waals surface area contributed by atoms with Crippen molar-refractivity contribution in [2.45, 2.75) is 5.75 Å². The van der Waals surface area contributed by atoms with E-state index in [1.165, 1.54) is 11.1 Å². The van der Waals surface area contributed by atoms with Gasteiger partial charge in [0.2, 0.25) is 10.0 Å². The number of aromatic nitrogens is 1. The molecular formula is C8H8N2O4S. The molecule has 7 heteroatoms. The summed E-state index contributed by atoms with van der Waals surface area (Å²) in [4.78, 5) is 1.26. The van der Waals surface area contributed by atoms with Crippen LogP contribution < -0.4 is 4.89 Å². The van der Waals surface area contributed by atoms with Crippen LogP contribution >= 0.6 is 0 Å². The van der Waals surface area contributed by atoms with E-state index in [1.807, 2.05) is 0 Å². The molecule has 0 bridgehead atoms. The molecule has 1 heterocycles. The zero-order valence-corrected chi connectivity index (χ0v) is 8.36. The quantitative estimate of drug-likeness (QED) is 0.752. The summed E-state index contributed by atoms with van der Waals surface area (Å²) in [5.41, 5.74) is 1.14. The van der Waals surface area contributed by atoms with Crippen molar-refractivity contribution in [2.24, 2.45) is 0 Å². The van der Waals surface area contributed by atoms with Crippen LogP contribution in [0, 0.1) is 0 Å². The molecule has 0 radical (unpaired) electrons. The van der Waals surface area contributed by atoms with Gasteiger partial charge in [-0.15, -0.1) is 0 Å². The Morgan fingerprint density at radius 1 is 1.47 bits per heavy atom. The molecule has 2 N–H and O–H groups in total. The number of fused-ring (bicyclic) bond motifs is 1. The fraction of sp³-hybridized carbons (Fsp3) is 0.125. The Kier molecular flexibility index (Phi) is 2.43. The minimum atomic E-state index is -3.67. The van der Waals surface area contributed by atoms with Crippen molar-refractivity contribution in [3.63, 3.8) is 0 Å². The number of benzene rings is 1. The Balaban J connectivity index is 2.37. The summed E-state index contributed by atoms with van der Waals surface area (Å²) in [6.45, 7) is 0. The fourth-order valence-corrected chi connectivity index (χ4v) is 1.95. The highest BCUT2D eigenvalue weighted by molar-refractivity contribution is 7.88. The van der Waals surface area contributed by atoms with Crippen molar-refractivity contribution in [3.8, 4) is 0 Å². The van der Waals surface area contributed by atoms with Gasteiger partial charge in [0, 0.05) is 5.39 Å². The number of nitrogens with zero attached hydrogens (tertiary/aromatic N) is 1. The van der Waals surface area contributed by atoms with E-state index in [-0.39, 0.29) is 5.75 Å². The third-order valence-electron chi connectivity index (χ3n) is 1.91. The van der Waals surface area contributed by atoms with Crippen LogP contribution in [-0.4, -0.2) is 18.8 Å². The molecule has 1 aromatic heterocycles. The number of hydrogen-bond donors (Lipinski definition) is 2. The molecule has 0 saturated heterocycles. The summed E-state index contributed by atoms with van der Waals surface area (Å²) in [5, 5.41) is 12.7. The summed E-state index contributed by atoms with van der Waals surface area (Å²) in [6.07, 6.45) is 1.50. The molecule has 0 aliphatic heterocycles. The summed E-state index contributed by atoms with van der Waals surface area (Å²) in [6, 6.07) is 4.87. The number of nitrogens with one attached hydrogen (secondary N) is 1. The van der Waals surface area contributed by atoms with E-state index in [2.05, 4.69) is 5.16 Å². The van der Waals surface area contributed by atoms with Crippen molar-refractivity contribution < 1.29 is 18.1 Å². The van der Waals surface area contributed by atoms with Crippen molar-refractivity contribution in [1.82, 2.24) is 10.0 Å². The Labute approximate surface area is 85.5 Å². The van der Waals surface area contributed by atoms with Crippen LogP contribution in [0.3, 0.4) is 0 Å². The standard InChI is InChI=1S/C8H8N2O4S/c11-10-15(12,13)5-6-1-2-8-7(3-6)4-9-14-8/h1-4,10-11H,5H2. The first-order valence-corrected chi connectivity index (χ1v) is 5.73. The maximum Gasteiger partial charge on any atom is 0.237 e. The van der Waals surface area contributed by atoms with Gasteiger partial charge in [-0.25, -0.2) is 8.42 Å². The van der Waals surface area contributed by atoms with Crippen LogP contribution in [0.15, 0.2) is 28.9 Å². The molecule has 0 aliphatic carbocycles. The van der Waals surface area contributed by atoms with Gasteiger partial charge in [0.25, 0.3) is 0 Å². The van der Waals surface area contributed by atoms with Gasteiger partial charge in [0.15, 0.2) is 5.58 Å². The minimum absolute atomic E-state index is 0.287. The summed E-state index contributed by atoms with van der Waals surface area (Å²) >= 11 is 0. The monoisotopic (exact) mass is 228 g/mol. The molecule has 0 amide bonds. The van der Waals surface area contributed by atoms with Gasteiger partial charge in [-0.3, -0.25) is 0 Å². The van der Waals surface area contributed by atoms with Crippen LogP contribution in [0.4, 0.5) is 0 Å². The molecule has 2 rings (SSSR count). The summed E-state index contributed by atoms with van der Waals surface area (Å²) in [5.74, 6) is -0.287. The highest BCUT2D eigenvalue weighted by atomic mass is 32.2. The van der Waals surface area contributed by atoms with Gasteiger partial charge >= 0.3 is 0 Å². The third kappa shape index (κ3) is 2.14. The molecule has 6 nitrogen and oxygen atoms in total. The van der Waals surface area contributed by atoms with Gasteiger partial charge in [0.1, 0.15) is 0 Å². The molecule has 1 aromatic carbocycles. The van der Waals surface area contributed by atoms with Crippen molar-refractivity contribution in [3.05, 3.63) is 30.0 Å². The van der Waals surface area contributed by atoms with Crippen molar-refractivity contribution in [2.75, 3.05) is 0 Å². The SMILES string of the molecule is O=S(=O)(Cc1ccc2oncc2c1)NO. The lowest BCUT2D eigenvalue weighted by Gasteiger charge is -2.00. The average molecular weight is 228 g/mol. The van der Waals surface area contributed by atoms with E-state index in [1.54, 1.807) is 18.2 Å². The maximum atomic E-state index is 11.0.